The molecule has 2 heterocycles. The Balaban J connectivity index is 1.89. The molecule has 0 aliphatic carbocycles. The third kappa shape index (κ3) is 4.24. The summed E-state index contributed by atoms with van der Waals surface area (Å²) in [5.41, 5.74) is 2.10. The van der Waals surface area contributed by atoms with Crippen LogP contribution in [0.25, 0.3) is 16.7 Å². The predicted octanol–water partition coefficient (Wildman–Crippen LogP) is 4.50. The Kier molecular flexibility index (Phi) is 6.50. The monoisotopic (exact) mass is 472 g/mol. The van der Waals surface area contributed by atoms with Crippen molar-refractivity contribution in [2.24, 2.45) is 0 Å². The smallest absolute Gasteiger partial charge is 0.269 e. The highest BCUT2D eigenvalue weighted by molar-refractivity contribution is 6.37. The van der Waals surface area contributed by atoms with Gasteiger partial charge >= 0.3 is 0 Å². The topological polar surface area (TPSA) is 93.0 Å². The normalized spacial score (nSPS) is 11.4. The SMILES string of the molecule is CC(C)c1n[nH]c2nc(Cc3ccc(OCCO)cc3)n(-c3c(Cl)cccc3Cl)c(=O)c12. The minimum absolute atomic E-state index is 0.0331. The van der Waals surface area contributed by atoms with Gasteiger partial charge in [0.25, 0.3) is 5.56 Å². The lowest BCUT2D eigenvalue weighted by atomic mass is 10.1. The molecule has 4 aromatic rings. The predicted molar refractivity (Wildman–Crippen MR) is 125 cm³/mol. The fraction of sp³-hybridized carbons (Fsp3) is 0.261. The van der Waals surface area contributed by atoms with E-state index in [1.54, 1.807) is 18.2 Å². The second kappa shape index (κ2) is 9.32. The van der Waals surface area contributed by atoms with E-state index in [0.29, 0.717) is 50.5 Å². The second-order valence-corrected chi connectivity index (χ2v) is 8.43. The summed E-state index contributed by atoms with van der Waals surface area (Å²) in [7, 11) is 0. The van der Waals surface area contributed by atoms with Crippen molar-refractivity contribution in [1.29, 1.82) is 0 Å². The van der Waals surface area contributed by atoms with E-state index in [-0.39, 0.29) is 24.7 Å². The Bertz CT molecular complexity index is 1290. The molecule has 0 fully saturated rings. The number of aliphatic hydroxyl groups is 1. The number of para-hydroxylation sites is 1. The molecule has 4 rings (SSSR count). The van der Waals surface area contributed by atoms with Crippen molar-refractivity contribution in [2.45, 2.75) is 26.2 Å². The summed E-state index contributed by atoms with van der Waals surface area (Å²) in [6.07, 6.45) is 0.350. The van der Waals surface area contributed by atoms with Crippen molar-refractivity contribution in [3.05, 3.63) is 79.9 Å². The third-order valence-electron chi connectivity index (χ3n) is 5.04. The summed E-state index contributed by atoms with van der Waals surface area (Å²) in [5.74, 6) is 1.15. The van der Waals surface area contributed by atoms with Gasteiger partial charge in [0.2, 0.25) is 0 Å². The van der Waals surface area contributed by atoms with Gasteiger partial charge in [-0.1, -0.05) is 55.2 Å². The molecule has 2 aromatic heterocycles. The fourth-order valence-electron chi connectivity index (χ4n) is 3.57. The molecule has 0 unspecified atom stereocenters. The lowest BCUT2D eigenvalue weighted by Gasteiger charge is -2.16. The molecule has 0 atom stereocenters. The summed E-state index contributed by atoms with van der Waals surface area (Å²) in [4.78, 5) is 18.4. The number of hydrogen-bond acceptors (Lipinski definition) is 5. The van der Waals surface area contributed by atoms with E-state index < -0.39 is 0 Å². The summed E-state index contributed by atoms with van der Waals surface area (Å²) in [6, 6.07) is 12.5. The highest BCUT2D eigenvalue weighted by Crippen LogP contribution is 2.30. The minimum Gasteiger partial charge on any atom is -0.491 e. The van der Waals surface area contributed by atoms with E-state index in [0.717, 1.165) is 5.56 Å². The number of aromatic amines is 1. The number of fused-ring (bicyclic) bond motifs is 1. The van der Waals surface area contributed by atoms with Crippen LogP contribution in [0.3, 0.4) is 0 Å². The Labute approximate surface area is 194 Å². The number of nitrogens with zero attached hydrogens (tertiary/aromatic N) is 3. The van der Waals surface area contributed by atoms with Gasteiger partial charge in [0.05, 0.1) is 28.0 Å². The number of H-pyrrole nitrogens is 1. The van der Waals surface area contributed by atoms with Gasteiger partial charge in [0, 0.05) is 6.42 Å². The van der Waals surface area contributed by atoms with Crippen LogP contribution in [0.15, 0.2) is 47.3 Å². The summed E-state index contributed by atoms with van der Waals surface area (Å²) in [6.45, 7) is 4.10. The van der Waals surface area contributed by atoms with Crippen molar-refractivity contribution < 1.29 is 9.84 Å². The van der Waals surface area contributed by atoms with Gasteiger partial charge in [-0.05, 0) is 35.7 Å². The average Bonchev–Trinajstić information content (AvgIpc) is 3.19. The molecule has 0 spiro atoms. The van der Waals surface area contributed by atoms with E-state index >= 15 is 0 Å². The quantitative estimate of drug-likeness (QED) is 0.412. The number of halogens is 2. The maximum atomic E-state index is 13.7. The first-order chi connectivity index (χ1) is 15.4. The zero-order valence-corrected chi connectivity index (χ0v) is 19.1. The van der Waals surface area contributed by atoms with Crippen LogP contribution in [0.5, 0.6) is 5.75 Å². The Hall–Kier alpha value is -2.87. The van der Waals surface area contributed by atoms with Gasteiger partial charge in [-0.3, -0.25) is 14.5 Å². The molecule has 0 aliphatic heterocycles. The van der Waals surface area contributed by atoms with Crippen LogP contribution in [0, 0.1) is 0 Å². The number of aromatic nitrogens is 4. The van der Waals surface area contributed by atoms with E-state index in [1.165, 1.54) is 4.57 Å². The lowest BCUT2D eigenvalue weighted by molar-refractivity contribution is 0.201. The molecule has 2 aromatic carbocycles. The zero-order chi connectivity index (χ0) is 22.8. The van der Waals surface area contributed by atoms with Crippen LogP contribution in [0.1, 0.15) is 36.8 Å². The molecule has 9 heteroatoms. The first-order valence-electron chi connectivity index (χ1n) is 10.2. The number of benzene rings is 2. The second-order valence-electron chi connectivity index (χ2n) is 7.62. The summed E-state index contributed by atoms with van der Waals surface area (Å²) < 4.78 is 6.89. The molecular weight excluding hydrogens is 451 g/mol. The van der Waals surface area contributed by atoms with Crippen molar-refractivity contribution in [3.63, 3.8) is 0 Å². The van der Waals surface area contributed by atoms with Gasteiger partial charge in [0.1, 0.15) is 23.6 Å². The first kappa shape index (κ1) is 22.3. The van der Waals surface area contributed by atoms with Crippen molar-refractivity contribution in [3.8, 4) is 11.4 Å². The summed E-state index contributed by atoms with van der Waals surface area (Å²) >= 11 is 13.0. The fourth-order valence-corrected chi connectivity index (χ4v) is 4.13. The zero-order valence-electron chi connectivity index (χ0n) is 17.6. The number of nitrogens with one attached hydrogen (secondary N) is 1. The molecule has 0 saturated heterocycles. The van der Waals surface area contributed by atoms with Gasteiger partial charge < -0.3 is 9.84 Å². The number of aliphatic hydroxyl groups excluding tert-OH is 1. The molecule has 0 saturated carbocycles. The highest BCUT2D eigenvalue weighted by atomic mass is 35.5. The highest BCUT2D eigenvalue weighted by Gasteiger charge is 2.22. The number of hydrogen-bond donors (Lipinski definition) is 2. The number of rotatable bonds is 7. The summed E-state index contributed by atoms with van der Waals surface area (Å²) in [5, 5.41) is 17.3. The van der Waals surface area contributed by atoms with Crippen LogP contribution in [-0.2, 0) is 6.42 Å². The minimum atomic E-state index is -0.277. The Morgan fingerprint density at radius 3 is 2.44 bits per heavy atom. The molecule has 7 nitrogen and oxygen atoms in total. The van der Waals surface area contributed by atoms with Crippen molar-refractivity contribution in [1.82, 2.24) is 19.7 Å². The van der Waals surface area contributed by atoms with Gasteiger partial charge in [0.15, 0.2) is 5.65 Å². The van der Waals surface area contributed by atoms with Crippen LogP contribution >= 0.6 is 23.2 Å². The van der Waals surface area contributed by atoms with Crippen LogP contribution in [0.2, 0.25) is 10.0 Å². The maximum Gasteiger partial charge on any atom is 0.269 e. The van der Waals surface area contributed by atoms with Crippen molar-refractivity contribution in [2.75, 3.05) is 13.2 Å². The molecule has 0 amide bonds. The molecule has 0 radical (unpaired) electrons. The molecule has 0 bridgehead atoms. The largest absolute Gasteiger partial charge is 0.491 e. The molecule has 166 valence electrons. The Morgan fingerprint density at radius 2 is 1.81 bits per heavy atom. The van der Waals surface area contributed by atoms with Crippen molar-refractivity contribution >= 4 is 34.2 Å². The van der Waals surface area contributed by atoms with E-state index in [4.69, 9.17) is 38.0 Å². The molecular formula is C23H22Cl2N4O3. The standard InChI is InChI=1S/C23H22Cl2N4O3/c1-13(2)20-19-22(28-27-20)26-18(12-14-6-8-15(9-7-14)32-11-10-30)29(23(19)31)21-16(24)4-3-5-17(21)25/h3-9,13,30H,10-12H2,1-2H3,(H,27,28). The molecule has 32 heavy (non-hydrogen) atoms. The number of ether oxygens (including phenoxy) is 1. The van der Waals surface area contributed by atoms with Crippen LogP contribution in [-0.4, -0.2) is 38.1 Å². The van der Waals surface area contributed by atoms with E-state index in [2.05, 4.69) is 10.2 Å². The van der Waals surface area contributed by atoms with Gasteiger partial charge in [-0.15, -0.1) is 0 Å². The maximum absolute atomic E-state index is 13.7. The molecule has 0 aliphatic rings. The third-order valence-corrected chi connectivity index (χ3v) is 5.65. The Morgan fingerprint density at radius 1 is 1.12 bits per heavy atom. The van der Waals surface area contributed by atoms with E-state index in [1.807, 2.05) is 38.1 Å². The first-order valence-corrected chi connectivity index (χ1v) is 10.9. The molecule has 2 N–H and O–H groups in total. The van der Waals surface area contributed by atoms with Gasteiger partial charge in [-0.25, -0.2) is 4.98 Å². The van der Waals surface area contributed by atoms with Crippen LogP contribution < -0.4 is 10.3 Å². The van der Waals surface area contributed by atoms with E-state index in [9.17, 15) is 4.79 Å². The van der Waals surface area contributed by atoms with Gasteiger partial charge in [-0.2, -0.15) is 5.10 Å². The lowest BCUT2D eigenvalue weighted by Crippen LogP contribution is -2.25. The average molecular weight is 473 g/mol. The van der Waals surface area contributed by atoms with Crippen LogP contribution in [0.4, 0.5) is 0 Å².